The normalized spacial score (nSPS) is 18.7. The van der Waals surface area contributed by atoms with E-state index in [0.717, 1.165) is 37.7 Å². The molecule has 0 bridgehead atoms. The summed E-state index contributed by atoms with van der Waals surface area (Å²) in [4.78, 5) is 35.5. The van der Waals surface area contributed by atoms with E-state index in [9.17, 15) is 14.0 Å². The summed E-state index contributed by atoms with van der Waals surface area (Å²) in [5.74, 6) is 3.85. The number of hydrazine groups is 1. The summed E-state index contributed by atoms with van der Waals surface area (Å²) in [5.41, 5.74) is 3.20. The van der Waals surface area contributed by atoms with Crippen LogP contribution in [0.25, 0.3) is 0 Å². The van der Waals surface area contributed by atoms with Crippen molar-refractivity contribution in [2.24, 2.45) is 5.84 Å². The van der Waals surface area contributed by atoms with Gasteiger partial charge in [-0.05, 0) is 70.5 Å². The summed E-state index contributed by atoms with van der Waals surface area (Å²) in [5, 5.41) is 9.31. The lowest BCUT2D eigenvalue weighted by molar-refractivity contribution is -0.116. The minimum absolute atomic E-state index is 0.0138. The number of carbonyl (C=O) groups excluding carboxylic acids is 2. The van der Waals surface area contributed by atoms with Crippen LogP contribution in [0.1, 0.15) is 55.7 Å². The third-order valence-electron chi connectivity index (χ3n) is 6.34. The Bertz CT molecular complexity index is 1130. The molecule has 2 amide bonds. The van der Waals surface area contributed by atoms with Gasteiger partial charge in [0.05, 0.1) is 6.04 Å². The number of aromatic nitrogens is 2. The van der Waals surface area contributed by atoms with Crippen LogP contribution in [0.4, 0.5) is 10.2 Å². The molecule has 2 heterocycles. The van der Waals surface area contributed by atoms with Crippen molar-refractivity contribution in [3.05, 3.63) is 59.7 Å². The van der Waals surface area contributed by atoms with Gasteiger partial charge >= 0.3 is 0 Å². The predicted octanol–water partition coefficient (Wildman–Crippen LogP) is 2.18. The maximum Gasteiger partial charge on any atom is 0.287 e. The Kier molecular flexibility index (Phi) is 10.4. The van der Waals surface area contributed by atoms with Crippen LogP contribution in [-0.2, 0) is 11.2 Å². The second-order valence-corrected chi connectivity index (χ2v) is 9.13. The highest BCUT2D eigenvalue weighted by Crippen LogP contribution is 2.28. The number of halogens is 1. The smallest absolute Gasteiger partial charge is 0.287 e. The number of nitrogens with one attached hydrogen (secondary N) is 4. The molecule has 1 aliphatic heterocycles. The minimum atomic E-state index is -0.630. The summed E-state index contributed by atoms with van der Waals surface area (Å²) >= 11 is 0. The largest absolute Gasteiger partial charge is 0.434 e. The number of aryl methyl sites for hydroxylation is 1. The third-order valence-corrected chi connectivity index (χ3v) is 6.34. The van der Waals surface area contributed by atoms with E-state index in [4.69, 9.17) is 10.6 Å². The molecule has 1 aromatic rings. The molecule has 6 N–H and O–H groups in total. The van der Waals surface area contributed by atoms with Gasteiger partial charge in [0.15, 0.2) is 23.1 Å². The lowest BCUT2D eigenvalue weighted by Crippen LogP contribution is -2.39. The Morgan fingerprint density at radius 3 is 2.66 bits per heavy atom. The summed E-state index contributed by atoms with van der Waals surface area (Å²) in [7, 11) is 2.11. The van der Waals surface area contributed by atoms with Gasteiger partial charge in [-0.2, -0.15) is 4.98 Å². The van der Waals surface area contributed by atoms with Crippen LogP contribution >= 0.6 is 0 Å². The van der Waals surface area contributed by atoms with Gasteiger partial charge in [-0.1, -0.05) is 20.4 Å². The molecule has 12 heteroatoms. The summed E-state index contributed by atoms with van der Waals surface area (Å²) in [6.45, 7) is 9.25. The van der Waals surface area contributed by atoms with E-state index in [0.29, 0.717) is 24.6 Å². The maximum atomic E-state index is 14.7. The summed E-state index contributed by atoms with van der Waals surface area (Å²) in [6.07, 6.45) is 9.10. The second kappa shape index (κ2) is 13.7. The molecule has 1 unspecified atom stereocenters. The highest BCUT2D eigenvalue weighted by atomic mass is 19.1. The number of anilines is 1. The molecule has 0 aromatic carbocycles. The lowest BCUT2D eigenvalue weighted by atomic mass is 10.1. The average Bonchev–Trinajstić information content (AvgIpc) is 2.93. The molecule has 1 atom stereocenters. The molecular formula is C26H37FN8O3. The molecule has 1 saturated heterocycles. The van der Waals surface area contributed by atoms with E-state index >= 15 is 0 Å². The lowest BCUT2D eigenvalue weighted by Gasteiger charge is -2.29. The van der Waals surface area contributed by atoms with E-state index in [1.54, 1.807) is 0 Å². The van der Waals surface area contributed by atoms with E-state index < -0.39 is 17.8 Å². The van der Waals surface area contributed by atoms with Crippen molar-refractivity contribution in [2.75, 3.05) is 25.5 Å². The Morgan fingerprint density at radius 1 is 1.29 bits per heavy atom. The Morgan fingerprint density at radius 2 is 2.03 bits per heavy atom. The van der Waals surface area contributed by atoms with Gasteiger partial charge in [0, 0.05) is 17.9 Å². The number of allylic oxidation sites excluding steroid dienone is 2. The van der Waals surface area contributed by atoms with E-state index in [1.807, 2.05) is 20.0 Å². The summed E-state index contributed by atoms with van der Waals surface area (Å²) in [6, 6.07) is -0.135. The van der Waals surface area contributed by atoms with Gasteiger partial charge < -0.3 is 25.6 Å². The zero-order valence-electron chi connectivity index (χ0n) is 22.1. The number of carbonyl (C=O) groups is 2. The molecule has 2 aliphatic rings. The van der Waals surface area contributed by atoms with Crippen LogP contribution in [0.5, 0.6) is 5.88 Å². The number of rotatable bonds is 11. The number of ether oxygens (including phenoxy) is 1. The Labute approximate surface area is 222 Å². The topological polar surface area (TPSA) is 147 Å². The van der Waals surface area contributed by atoms with Crippen LogP contribution in [0.2, 0.25) is 0 Å². The number of nitrogens with zero attached hydrogens (tertiary/aromatic N) is 3. The van der Waals surface area contributed by atoms with E-state index in [-0.39, 0.29) is 35.5 Å². The van der Waals surface area contributed by atoms with E-state index in [1.165, 1.54) is 12.2 Å². The van der Waals surface area contributed by atoms with Crippen LogP contribution in [0.15, 0.2) is 48.3 Å². The third kappa shape index (κ3) is 7.62. The van der Waals surface area contributed by atoms with Crippen molar-refractivity contribution < 1.29 is 18.7 Å². The van der Waals surface area contributed by atoms with Gasteiger partial charge in [0.25, 0.3) is 5.91 Å². The second-order valence-electron chi connectivity index (χ2n) is 9.13. The zero-order chi connectivity index (χ0) is 27.7. The van der Waals surface area contributed by atoms with Crippen LogP contribution in [0.3, 0.4) is 0 Å². The number of likely N-dealkylation sites (tertiary alicyclic amines) is 1. The van der Waals surface area contributed by atoms with Crippen molar-refractivity contribution in [3.8, 4) is 5.88 Å². The maximum absolute atomic E-state index is 14.7. The first-order chi connectivity index (χ1) is 18.3. The van der Waals surface area contributed by atoms with Crippen molar-refractivity contribution in [2.45, 2.75) is 58.0 Å². The fraction of sp³-hybridized carbons (Fsp3) is 0.462. The van der Waals surface area contributed by atoms with Crippen LogP contribution in [0, 0.1) is 0 Å². The number of hydrogen-bond donors (Lipinski definition) is 5. The molecule has 0 spiro atoms. The molecular weight excluding hydrogens is 491 g/mol. The molecule has 0 saturated carbocycles. The van der Waals surface area contributed by atoms with Gasteiger partial charge in [-0.15, -0.1) is 0 Å². The molecule has 1 aromatic heterocycles. The van der Waals surface area contributed by atoms with Crippen molar-refractivity contribution in [1.29, 1.82) is 0 Å². The van der Waals surface area contributed by atoms with Gasteiger partial charge in [0.1, 0.15) is 5.69 Å². The quantitative estimate of drug-likeness (QED) is 0.126. The molecule has 1 fully saturated rings. The first-order valence-electron chi connectivity index (χ1n) is 12.8. The minimum Gasteiger partial charge on any atom is -0.434 e. The molecule has 1 aliphatic carbocycles. The number of hydrogen-bond acceptors (Lipinski definition) is 9. The Hall–Kier alpha value is -3.77. The monoisotopic (exact) mass is 528 g/mol. The number of piperidine rings is 1. The standard InChI is InChI=1S/C26H37FN8O3/c1-5-16(15-29-17-10-12-35(4)13-11-17)31-24-23(25(37)34-28)32-20(6-2)26(33-24)38-21-14-18(8-9-19(21)27)30-22(36)7-3/h7,9,14-15,17-18,29H,3,5-6,8,10-13,28H2,1-2,4H3,(H,30,36)(H,31,33)(H,34,37)/b16-15+. The van der Waals surface area contributed by atoms with Crippen molar-refractivity contribution in [3.63, 3.8) is 0 Å². The van der Waals surface area contributed by atoms with Crippen LogP contribution in [-0.4, -0.2) is 58.9 Å². The number of nitrogens with two attached hydrogens (primary N) is 1. The first kappa shape index (κ1) is 28.8. The fourth-order valence-electron chi connectivity index (χ4n) is 4.04. The van der Waals surface area contributed by atoms with Crippen LogP contribution < -0.4 is 32.0 Å². The molecule has 206 valence electrons. The fourth-order valence-corrected chi connectivity index (χ4v) is 4.04. The van der Waals surface area contributed by atoms with Crippen molar-refractivity contribution >= 4 is 17.6 Å². The molecule has 11 nitrogen and oxygen atoms in total. The molecule has 3 rings (SSSR count). The zero-order valence-corrected chi connectivity index (χ0v) is 22.1. The Balaban J connectivity index is 1.89. The predicted molar refractivity (Wildman–Crippen MR) is 143 cm³/mol. The molecule has 0 radical (unpaired) electrons. The van der Waals surface area contributed by atoms with Crippen molar-refractivity contribution in [1.82, 2.24) is 30.9 Å². The highest BCUT2D eigenvalue weighted by Gasteiger charge is 2.24. The van der Waals surface area contributed by atoms with Gasteiger partial charge in [-0.3, -0.25) is 15.0 Å². The number of nitrogen functional groups attached to an aromatic ring is 1. The molecule has 38 heavy (non-hydrogen) atoms. The number of amides is 2. The first-order valence-corrected chi connectivity index (χ1v) is 12.8. The SMILES string of the molecule is C=CC(=O)NC1C=C(Oc2nc(N/C(=C/NC3CCN(C)CC3)CC)c(C(=O)NN)nc2CC)C(F)=CC1. The van der Waals surface area contributed by atoms with Gasteiger partial charge in [0.2, 0.25) is 11.8 Å². The highest BCUT2D eigenvalue weighted by molar-refractivity contribution is 5.96. The summed E-state index contributed by atoms with van der Waals surface area (Å²) < 4.78 is 20.5. The van der Waals surface area contributed by atoms with Gasteiger partial charge in [-0.25, -0.2) is 15.2 Å². The average molecular weight is 529 g/mol. The van der Waals surface area contributed by atoms with E-state index in [2.05, 4.69) is 49.9 Å².